The first-order valence-corrected chi connectivity index (χ1v) is 10.8. The number of halogens is 1. The van der Waals surface area contributed by atoms with Crippen molar-refractivity contribution in [2.75, 3.05) is 26.2 Å². The lowest BCUT2D eigenvalue weighted by molar-refractivity contribution is -0.139. The first-order valence-electron chi connectivity index (χ1n) is 9.46. The molecule has 2 fully saturated rings. The molecule has 1 saturated heterocycles. The van der Waals surface area contributed by atoms with Gasteiger partial charge in [-0.2, -0.15) is 11.3 Å². The quantitative estimate of drug-likeness (QED) is 0.766. The lowest BCUT2D eigenvalue weighted by Crippen LogP contribution is -2.53. The SMILES string of the molecule is O=C(N1CCN(Cc2ccsc2)CC1)C1(c2ccc(Cl)cc2)CCCC1. The topological polar surface area (TPSA) is 23.6 Å². The Bertz CT molecular complexity index is 730. The van der Waals surface area contributed by atoms with Gasteiger partial charge in [0.2, 0.25) is 5.91 Å². The summed E-state index contributed by atoms with van der Waals surface area (Å²) in [5.74, 6) is 0.326. The monoisotopic (exact) mass is 388 g/mol. The van der Waals surface area contributed by atoms with Crippen LogP contribution in [0.25, 0.3) is 0 Å². The number of carbonyl (C=O) groups is 1. The van der Waals surface area contributed by atoms with Crippen LogP contribution in [0.4, 0.5) is 0 Å². The van der Waals surface area contributed by atoms with Crippen LogP contribution in [0.1, 0.15) is 36.8 Å². The van der Waals surface area contributed by atoms with Crippen molar-refractivity contribution in [1.29, 1.82) is 0 Å². The zero-order valence-electron chi connectivity index (χ0n) is 15.0. The van der Waals surface area contributed by atoms with E-state index in [0.717, 1.165) is 69.0 Å². The van der Waals surface area contributed by atoms with Crippen molar-refractivity contribution in [3.05, 3.63) is 57.2 Å². The van der Waals surface area contributed by atoms with Crippen LogP contribution in [-0.4, -0.2) is 41.9 Å². The van der Waals surface area contributed by atoms with Gasteiger partial charge in [-0.05, 0) is 52.9 Å². The van der Waals surface area contributed by atoms with Crippen molar-refractivity contribution >= 4 is 28.8 Å². The van der Waals surface area contributed by atoms with Gasteiger partial charge in [0, 0.05) is 37.7 Å². The summed E-state index contributed by atoms with van der Waals surface area (Å²) in [5.41, 5.74) is 2.19. The highest BCUT2D eigenvalue weighted by Crippen LogP contribution is 2.43. The van der Waals surface area contributed by atoms with Crippen LogP contribution in [-0.2, 0) is 16.8 Å². The largest absolute Gasteiger partial charge is 0.339 e. The van der Waals surface area contributed by atoms with Gasteiger partial charge in [0.05, 0.1) is 5.41 Å². The van der Waals surface area contributed by atoms with Crippen LogP contribution in [0.5, 0.6) is 0 Å². The van der Waals surface area contributed by atoms with Crippen LogP contribution in [0.3, 0.4) is 0 Å². The van der Waals surface area contributed by atoms with E-state index in [0.29, 0.717) is 5.91 Å². The van der Waals surface area contributed by atoms with Crippen LogP contribution in [0.2, 0.25) is 5.02 Å². The molecule has 2 aliphatic rings. The second kappa shape index (κ2) is 7.71. The van der Waals surface area contributed by atoms with Gasteiger partial charge >= 0.3 is 0 Å². The number of hydrogen-bond acceptors (Lipinski definition) is 3. The fourth-order valence-electron chi connectivity index (χ4n) is 4.43. The highest BCUT2D eigenvalue weighted by atomic mass is 35.5. The summed E-state index contributed by atoms with van der Waals surface area (Å²) in [5, 5.41) is 5.08. The molecule has 0 unspecified atom stereocenters. The Morgan fingerprint density at radius 2 is 1.73 bits per heavy atom. The maximum atomic E-state index is 13.5. The number of benzene rings is 1. The van der Waals surface area contributed by atoms with Gasteiger partial charge in [0.15, 0.2) is 0 Å². The number of amides is 1. The third-order valence-corrected chi connectivity index (χ3v) is 6.89. The zero-order valence-corrected chi connectivity index (χ0v) is 16.6. The van der Waals surface area contributed by atoms with E-state index in [2.05, 4.69) is 38.8 Å². The molecule has 1 aromatic carbocycles. The van der Waals surface area contributed by atoms with Gasteiger partial charge in [-0.25, -0.2) is 0 Å². The van der Waals surface area contributed by atoms with Crippen molar-refractivity contribution < 1.29 is 4.79 Å². The van der Waals surface area contributed by atoms with E-state index >= 15 is 0 Å². The molecule has 2 heterocycles. The van der Waals surface area contributed by atoms with E-state index in [4.69, 9.17) is 11.6 Å². The minimum Gasteiger partial charge on any atom is -0.339 e. The molecule has 5 heteroatoms. The number of rotatable bonds is 4. The fraction of sp³-hybridized carbons (Fsp3) is 0.476. The third kappa shape index (κ3) is 3.55. The van der Waals surface area contributed by atoms with Crippen molar-refractivity contribution in [3.8, 4) is 0 Å². The Labute approximate surface area is 164 Å². The van der Waals surface area contributed by atoms with Crippen molar-refractivity contribution in [2.24, 2.45) is 0 Å². The third-order valence-electron chi connectivity index (χ3n) is 5.91. The zero-order chi connectivity index (χ0) is 18.0. The van der Waals surface area contributed by atoms with Gasteiger partial charge in [-0.1, -0.05) is 36.6 Å². The standard InChI is InChI=1S/C21H25ClN2OS/c22-19-5-3-18(4-6-19)21(8-1-2-9-21)20(25)24-12-10-23(11-13-24)15-17-7-14-26-16-17/h3-7,14,16H,1-2,8-13,15H2. The fourth-order valence-corrected chi connectivity index (χ4v) is 5.21. The molecule has 4 rings (SSSR count). The summed E-state index contributed by atoms with van der Waals surface area (Å²) >= 11 is 7.81. The molecule has 0 bridgehead atoms. The lowest BCUT2D eigenvalue weighted by Gasteiger charge is -2.40. The molecule has 0 atom stereocenters. The van der Waals surface area contributed by atoms with Crippen LogP contribution in [0, 0.1) is 0 Å². The molecule has 1 saturated carbocycles. The molecular formula is C21H25ClN2OS. The minimum atomic E-state index is -0.333. The van der Waals surface area contributed by atoms with E-state index in [1.165, 1.54) is 5.56 Å². The first kappa shape index (κ1) is 18.0. The number of carbonyl (C=O) groups excluding carboxylic acids is 1. The summed E-state index contributed by atoms with van der Waals surface area (Å²) in [6.07, 6.45) is 4.18. The van der Waals surface area contributed by atoms with Gasteiger partial charge in [0.1, 0.15) is 0 Å². The van der Waals surface area contributed by atoms with E-state index < -0.39 is 0 Å². The summed E-state index contributed by atoms with van der Waals surface area (Å²) in [6.45, 7) is 4.57. The highest BCUT2D eigenvalue weighted by molar-refractivity contribution is 7.07. The Morgan fingerprint density at radius 1 is 1.04 bits per heavy atom. The average Bonchev–Trinajstić information content (AvgIpc) is 3.35. The molecular weight excluding hydrogens is 364 g/mol. The van der Waals surface area contributed by atoms with Gasteiger partial charge < -0.3 is 4.90 Å². The molecule has 1 aliphatic heterocycles. The Hall–Kier alpha value is -1.36. The Morgan fingerprint density at radius 3 is 2.35 bits per heavy atom. The molecule has 1 aromatic heterocycles. The molecule has 2 aromatic rings. The highest BCUT2D eigenvalue weighted by Gasteiger charge is 2.45. The minimum absolute atomic E-state index is 0.326. The Balaban J connectivity index is 1.45. The molecule has 1 aliphatic carbocycles. The molecule has 138 valence electrons. The molecule has 3 nitrogen and oxygen atoms in total. The van der Waals surface area contributed by atoms with Gasteiger partial charge in [0.25, 0.3) is 0 Å². The van der Waals surface area contributed by atoms with E-state index in [1.807, 2.05) is 12.1 Å². The first-order chi connectivity index (χ1) is 12.7. The number of thiophene rings is 1. The van der Waals surface area contributed by atoms with Crippen molar-refractivity contribution in [1.82, 2.24) is 9.80 Å². The maximum Gasteiger partial charge on any atom is 0.233 e. The maximum absolute atomic E-state index is 13.5. The van der Waals surface area contributed by atoms with Crippen molar-refractivity contribution in [2.45, 2.75) is 37.6 Å². The molecule has 26 heavy (non-hydrogen) atoms. The molecule has 0 radical (unpaired) electrons. The van der Waals surface area contributed by atoms with Gasteiger partial charge in [-0.3, -0.25) is 9.69 Å². The molecule has 0 spiro atoms. The van der Waals surface area contributed by atoms with Crippen molar-refractivity contribution in [3.63, 3.8) is 0 Å². The predicted molar refractivity (Wildman–Crippen MR) is 108 cm³/mol. The van der Waals surface area contributed by atoms with Crippen LogP contribution >= 0.6 is 22.9 Å². The lowest BCUT2D eigenvalue weighted by atomic mass is 9.77. The number of hydrogen-bond donors (Lipinski definition) is 0. The summed E-state index contributed by atoms with van der Waals surface area (Å²) < 4.78 is 0. The normalized spacial score (nSPS) is 20.4. The predicted octanol–water partition coefficient (Wildman–Crippen LogP) is 4.56. The number of piperazine rings is 1. The smallest absolute Gasteiger partial charge is 0.233 e. The average molecular weight is 389 g/mol. The second-order valence-corrected chi connectivity index (χ2v) is 8.71. The van der Waals surface area contributed by atoms with Gasteiger partial charge in [-0.15, -0.1) is 0 Å². The molecule has 0 N–H and O–H groups in total. The van der Waals surface area contributed by atoms with Crippen LogP contribution in [0.15, 0.2) is 41.1 Å². The number of nitrogens with zero attached hydrogens (tertiary/aromatic N) is 2. The summed E-state index contributed by atoms with van der Waals surface area (Å²) in [7, 11) is 0. The molecule has 1 amide bonds. The summed E-state index contributed by atoms with van der Waals surface area (Å²) in [6, 6.07) is 10.1. The Kier molecular flexibility index (Phi) is 5.35. The summed E-state index contributed by atoms with van der Waals surface area (Å²) in [4.78, 5) is 18.1. The van der Waals surface area contributed by atoms with E-state index in [9.17, 15) is 4.79 Å². The van der Waals surface area contributed by atoms with Crippen LogP contribution < -0.4 is 0 Å². The second-order valence-electron chi connectivity index (χ2n) is 7.50. The van der Waals surface area contributed by atoms with E-state index in [1.54, 1.807) is 11.3 Å². The van der Waals surface area contributed by atoms with E-state index in [-0.39, 0.29) is 5.41 Å².